The summed E-state index contributed by atoms with van der Waals surface area (Å²) in [6, 6.07) is 2.84. The molecule has 0 aromatic heterocycles. The number of aliphatic carboxylic acids is 1. The zero-order valence-corrected chi connectivity index (χ0v) is 12.9. The standard InChI is InChI=1S/C16H20O5/c1-6-16(4,5)15(20)21-13-9(2)7-11(8-10(13)3)12(17)14(18)19/h7-8H,6H2,1-5H3,(H,18,19). The van der Waals surface area contributed by atoms with E-state index in [2.05, 4.69) is 0 Å². The van der Waals surface area contributed by atoms with Crippen LogP contribution in [0.3, 0.4) is 0 Å². The Hall–Kier alpha value is -2.17. The fourth-order valence-corrected chi connectivity index (χ4v) is 1.74. The first-order chi connectivity index (χ1) is 9.60. The van der Waals surface area contributed by atoms with Crippen LogP contribution < -0.4 is 4.74 Å². The summed E-state index contributed by atoms with van der Waals surface area (Å²) in [5, 5.41) is 8.74. The van der Waals surface area contributed by atoms with Gasteiger partial charge in [0.05, 0.1) is 5.41 Å². The van der Waals surface area contributed by atoms with Gasteiger partial charge in [0.2, 0.25) is 0 Å². The summed E-state index contributed by atoms with van der Waals surface area (Å²) in [7, 11) is 0. The van der Waals surface area contributed by atoms with Gasteiger partial charge in [0.1, 0.15) is 5.75 Å². The van der Waals surface area contributed by atoms with Crippen molar-refractivity contribution >= 4 is 17.7 Å². The molecule has 0 spiro atoms. The number of carboxylic acid groups (broad SMARTS) is 1. The maximum atomic E-state index is 12.1. The van der Waals surface area contributed by atoms with Crippen molar-refractivity contribution in [2.75, 3.05) is 0 Å². The highest BCUT2D eigenvalue weighted by Crippen LogP contribution is 2.29. The maximum Gasteiger partial charge on any atom is 0.377 e. The summed E-state index contributed by atoms with van der Waals surface area (Å²) in [5.41, 5.74) is 0.584. The zero-order valence-electron chi connectivity index (χ0n) is 12.9. The van der Waals surface area contributed by atoms with Gasteiger partial charge in [-0.1, -0.05) is 6.92 Å². The van der Waals surface area contributed by atoms with Gasteiger partial charge in [-0.15, -0.1) is 0 Å². The number of Topliss-reactive ketones (excluding diaryl/α,β-unsaturated/α-hetero) is 1. The summed E-state index contributed by atoms with van der Waals surface area (Å²) in [4.78, 5) is 34.3. The minimum atomic E-state index is -1.51. The van der Waals surface area contributed by atoms with E-state index in [1.165, 1.54) is 12.1 Å². The van der Waals surface area contributed by atoms with Crippen molar-refractivity contribution in [3.8, 4) is 5.75 Å². The Balaban J connectivity index is 3.15. The van der Waals surface area contributed by atoms with Gasteiger partial charge in [0.15, 0.2) is 0 Å². The first kappa shape index (κ1) is 16.9. The van der Waals surface area contributed by atoms with Crippen LogP contribution in [0.1, 0.15) is 48.7 Å². The molecule has 5 nitrogen and oxygen atoms in total. The molecule has 0 heterocycles. The molecule has 0 saturated carbocycles. The molecular formula is C16H20O5. The van der Waals surface area contributed by atoms with Crippen LogP contribution in [0.25, 0.3) is 0 Å². The van der Waals surface area contributed by atoms with Crippen molar-refractivity contribution in [3.63, 3.8) is 0 Å². The van der Waals surface area contributed by atoms with E-state index in [0.29, 0.717) is 23.3 Å². The molecule has 5 heteroatoms. The minimum Gasteiger partial charge on any atom is -0.475 e. The normalized spacial score (nSPS) is 11.1. The van der Waals surface area contributed by atoms with Crippen LogP contribution in [0.2, 0.25) is 0 Å². The third-order valence-electron chi connectivity index (χ3n) is 3.55. The van der Waals surface area contributed by atoms with E-state index < -0.39 is 17.2 Å². The maximum absolute atomic E-state index is 12.1. The predicted molar refractivity (Wildman–Crippen MR) is 77.6 cm³/mol. The summed E-state index contributed by atoms with van der Waals surface area (Å²) in [6.45, 7) is 8.83. The average molecular weight is 292 g/mol. The molecule has 0 bridgehead atoms. The van der Waals surface area contributed by atoms with Crippen molar-refractivity contribution in [1.82, 2.24) is 0 Å². The van der Waals surface area contributed by atoms with Gasteiger partial charge in [-0.3, -0.25) is 9.59 Å². The Bertz CT molecular complexity index is 576. The van der Waals surface area contributed by atoms with Crippen LogP contribution in [0.15, 0.2) is 12.1 Å². The lowest BCUT2D eigenvalue weighted by Gasteiger charge is -2.21. The highest BCUT2D eigenvalue weighted by molar-refractivity contribution is 6.39. The quantitative estimate of drug-likeness (QED) is 0.390. The molecule has 0 aliphatic carbocycles. The SMILES string of the molecule is CCC(C)(C)C(=O)Oc1c(C)cc(C(=O)C(=O)O)cc1C. The Kier molecular flexibility index (Phi) is 4.88. The highest BCUT2D eigenvalue weighted by Gasteiger charge is 2.29. The number of hydrogen-bond donors (Lipinski definition) is 1. The molecule has 0 saturated heterocycles. The van der Waals surface area contributed by atoms with Crippen LogP contribution in [-0.4, -0.2) is 22.8 Å². The van der Waals surface area contributed by atoms with Crippen molar-refractivity contribution in [2.24, 2.45) is 5.41 Å². The molecule has 0 aliphatic rings. The molecule has 114 valence electrons. The molecule has 0 atom stereocenters. The van der Waals surface area contributed by atoms with E-state index in [1.54, 1.807) is 27.7 Å². The van der Waals surface area contributed by atoms with Crippen LogP contribution in [0.4, 0.5) is 0 Å². The van der Waals surface area contributed by atoms with E-state index in [-0.39, 0.29) is 11.5 Å². The average Bonchev–Trinajstić information content (AvgIpc) is 2.41. The van der Waals surface area contributed by atoms with E-state index >= 15 is 0 Å². The van der Waals surface area contributed by atoms with E-state index in [0.717, 1.165) is 0 Å². The summed E-state index contributed by atoms with van der Waals surface area (Å²) in [5.74, 6) is -2.46. The molecule has 0 aliphatic heterocycles. The fourth-order valence-electron chi connectivity index (χ4n) is 1.74. The van der Waals surface area contributed by atoms with Gasteiger partial charge in [0, 0.05) is 5.56 Å². The molecule has 1 rings (SSSR count). The summed E-state index contributed by atoms with van der Waals surface area (Å²) >= 11 is 0. The number of carboxylic acids is 1. The first-order valence-corrected chi connectivity index (χ1v) is 6.71. The Morgan fingerprint density at radius 1 is 1.14 bits per heavy atom. The molecule has 0 unspecified atom stereocenters. The second-order valence-electron chi connectivity index (χ2n) is 5.70. The second-order valence-corrected chi connectivity index (χ2v) is 5.70. The van der Waals surface area contributed by atoms with Gasteiger partial charge < -0.3 is 9.84 Å². The first-order valence-electron chi connectivity index (χ1n) is 6.71. The van der Waals surface area contributed by atoms with Crippen LogP contribution in [-0.2, 0) is 9.59 Å². The monoisotopic (exact) mass is 292 g/mol. The van der Waals surface area contributed by atoms with Crippen molar-refractivity contribution in [3.05, 3.63) is 28.8 Å². The molecular weight excluding hydrogens is 272 g/mol. The van der Waals surface area contributed by atoms with Gasteiger partial charge in [-0.2, -0.15) is 0 Å². The smallest absolute Gasteiger partial charge is 0.377 e. The number of benzene rings is 1. The largest absolute Gasteiger partial charge is 0.475 e. The Labute approximate surface area is 123 Å². The number of ketones is 1. The number of esters is 1. The van der Waals surface area contributed by atoms with Gasteiger partial charge in [-0.05, 0) is 57.4 Å². The summed E-state index contributed by atoms with van der Waals surface area (Å²) < 4.78 is 5.43. The van der Waals surface area contributed by atoms with Crippen molar-refractivity contribution in [1.29, 1.82) is 0 Å². The van der Waals surface area contributed by atoms with Gasteiger partial charge >= 0.3 is 11.9 Å². The predicted octanol–water partition coefficient (Wildman–Crippen LogP) is 2.91. The Morgan fingerprint density at radius 2 is 1.62 bits per heavy atom. The Morgan fingerprint density at radius 3 is 2.00 bits per heavy atom. The number of carbonyl (C=O) groups excluding carboxylic acids is 2. The second kappa shape index (κ2) is 6.08. The van der Waals surface area contributed by atoms with E-state index in [9.17, 15) is 14.4 Å². The number of rotatable bonds is 5. The number of ether oxygens (including phenoxy) is 1. The third kappa shape index (κ3) is 3.68. The van der Waals surface area contributed by atoms with Crippen LogP contribution >= 0.6 is 0 Å². The third-order valence-corrected chi connectivity index (χ3v) is 3.55. The zero-order chi connectivity index (χ0) is 16.4. The van der Waals surface area contributed by atoms with Gasteiger partial charge in [-0.25, -0.2) is 4.79 Å². The van der Waals surface area contributed by atoms with Crippen LogP contribution in [0, 0.1) is 19.3 Å². The number of hydrogen-bond acceptors (Lipinski definition) is 4. The topological polar surface area (TPSA) is 80.7 Å². The molecule has 1 aromatic carbocycles. The molecule has 0 radical (unpaired) electrons. The lowest BCUT2D eigenvalue weighted by atomic mass is 9.90. The lowest BCUT2D eigenvalue weighted by molar-refractivity contribution is -0.144. The van der Waals surface area contributed by atoms with E-state index in [4.69, 9.17) is 9.84 Å². The molecule has 1 N–H and O–H groups in total. The molecule has 21 heavy (non-hydrogen) atoms. The number of carbonyl (C=O) groups is 3. The van der Waals surface area contributed by atoms with Crippen molar-refractivity contribution in [2.45, 2.75) is 41.0 Å². The fraction of sp³-hybridized carbons (Fsp3) is 0.438. The van der Waals surface area contributed by atoms with Gasteiger partial charge in [0.25, 0.3) is 5.78 Å². The lowest BCUT2D eigenvalue weighted by Crippen LogP contribution is -2.28. The summed E-state index contributed by atoms with van der Waals surface area (Å²) in [6.07, 6.45) is 0.638. The molecule has 0 fully saturated rings. The molecule has 1 aromatic rings. The minimum absolute atomic E-state index is 0.0760. The van der Waals surface area contributed by atoms with Crippen LogP contribution in [0.5, 0.6) is 5.75 Å². The number of aryl methyl sites for hydroxylation is 2. The van der Waals surface area contributed by atoms with E-state index in [1.807, 2.05) is 6.92 Å². The van der Waals surface area contributed by atoms with Crippen molar-refractivity contribution < 1.29 is 24.2 Å². The highest BCUT2D eigenvalue weighted by atomic mass is 16.5. The molecule has 0 amide bonds.